The molecule has 1 heterocycles. The van der Waals surface area contributed by atoms with Crippen LogP contribution in [-0.2, 0) is 14.8 Å². The van der Waals surface area contributed by atoms with Gasteiger partial charge in [-0.1, -0.05) is 37.0 Å². The number of nitrogens with zero attached hydrogens (tertiary/aromatic N) is 1. The normalized spacial score (nSPS) is 17.9. The predicted octanol–water partition coefficient (Wildman–Crippen LogP) is 1.94. The van der Waals surface area contributed by atoms with Crippen LogP contribution in [0.1, 0.15) is 38.5 Å². The molecule has 1 aromatic rings. The van der Waals surface area contributed by atoms with Crippen LogP contribution in [-0.4, -0.2) is 32.7 Å². The van der Waals surface area contributed by atoms with Gasteiger partial charge in [-0.2, -0.15) is 0 Å². The fraction of sp³-hybridized carbons (Fsp3) is 0.750. The van der Waals surface area contributed by atoms with Gasteiger partial charge in [0.25, 0.3) is 0 Å². The minimum absolute atomic E-state index is 0.0738. The molecule has 0 aromatic carbocycles. The number of anilines is 1. The van der Waals surface area contributed by atoms with Gasteiger partial charge in [0.15, 0.2) is 9.34 Å². The van der Waals surface area contributed by atoms with Crippen LogP contribution in [0, 0.1) is 0 Å². The van der Waals surface area contributed by atoms with Crippen LogP contribution in [0.5, 0.6) is 0 Å². The second-order valence-corrected chi connectivity index (χ2v) is 7.76. The van der Waals surface area contributed by atoms with Gasteiger partial charge in [0.05, 0.1) is 18.9 Å². The summed E-state index contributed by atoms with van der Waals surface area (Å²) in [7, 11) is -3.65. The molecular weight excluding hydrogens is 298 g/mol. The zero-order valence-corrected chi connectivity index (χ0v) is 13.0. The first-order chi connectivity index (χ1) is 9.55. The molecule has 1 aromatic heterocycles. The number of thiazole rings is 1. The summed E-state index contributed by atoms with van der Waals surface area (Å²) < 4.78 is 28.1. The lowest BCUT2D eigenvalue weighted by atomic mass is 10.1. The zero-order chi connectivity index (χ0) is 14.4. The Kier molecular flexibility index (Phi) is 5.76. The standard InChI is InChI=1S/C12H21N3O3S2/c13-20(16,17)11-9-15-12(19-11)14-7-8-18-10-5-3-1-2-4-6-10/h9-10H,1-8H2,(H,14,15)(H2,13,16,17). The Bertz CT molecular complexity index is 508. The smallest absolute Gasteiger partial charge is 0.249 e. The fourth-order valence-corrected chi connectivity index (χ4v) is 3.74. The topological polar surface area (TPSA) is 94.3 Å². The van der Waals surface area contributed by atoms with E-state index in [1.54, 1.807) is 0 Å². The second-order valence-electron chi connectivity index (χ2n) is 4.94. The van der Waals surface area contributed by atoms with E-state index in [1.165, 1.54) is 31.9 Å². The Labute approximate surface area is 123 Å². The first kappa shape index (κ1) is 15.7. The highest BCUT2D eigenvalue weighted by Gasteiger charge is 2.13. The molecule has 1 aliphatic carbocycles. The first-order valence-electron chi connectivity index (χ1n) is 6.90. The number of rotatable bonds is 6. The van der Waals surface area contributed by atoms with Gasteiger partial charge in [0, 0.05) is 6.54 Å². The molecule has 0 radical (unpaired) electrons. The van der Waals surface area contributed by atoms with Crippen LogP contribution in [0.25, 0.3) is 0 Å². The Balaban J connectivity index is 1.69. The largest absolute Gasteiger partial charge is 0.376 e. The van der Waals surface area contributed by atoms with Crippen molar-refractivity contribution in [3.05, 3.63) is 6.20 Å². The molecule has 0 aliphatic heterocycles. The number of ether oxygens (including phenoxy) is 1. The van der Waals surface area contributed by atoms with Crippen LogP contribution in [0.3, 0.4) is 0 Å². The molecule has 3 N–H and O–H groups in total. The van der Waals surface area contributed by atoms with Crippen molar-refractivity contribution in [1.82, 2.24) is 4.98 Å². The Morgan fingerprint density at radius 3 is 2.65 bits per heavy atom. The Morgan fingerprint density at radius 1 is 1.35 bits per heavy atom. The van der Waals surface area contributed by atoms with Gasteiger partial charge in [-0.3, -0.25) is 0 Å². The summed E-state index contributed by atoms with van der Waals surface area (Å²) in [5.74, 6) is 0. The molecular formula is C12H21N3O3S2. The van der Waals surface area contributed by atoms with Gasteiger partial charge in [0.2, 0.25) is 10.0 Å². The molecule has 114 valence electrons. The van der Waals surface area contributed by atoms with Crippen molar-refractivity contribution in [2.24, 2.45) is 5.14 Å². The number of nitrogens with two attached hydrogens (primary N) is 1. The van der Waals surface area contributed by atoms with E-state index in [9.17, 15) is 8.42 Å². The van der Waals surface area contributed by atoms with Crippen LogP contribution in [0.2, 0.25) is 0 Å². The van der Waals surface area contributed by atoms with Gasteiger partial charge in [-0.25, -0.2) is 18.5 Å². The number of nitrogens with one attached hydrogen (secondary N) is 1. The average molecular weight is 319 g/mol. The van der Waals surface area contributed by atoms with Crippen molar-refractivity contribution >= 4 is 26.5 Å². The molecule has 0 bridgehead atoms. The van der Waals surface area contributed by atoms with Gasteiger partial charge >= 0.3 is 0 Å². The molecule has 1 aliphatic rings. The molecule has 2 rings (SSSR count). The molecule has 8 heteroatoms. The van der Waals surface area contributed by atoms with E-state index in [2.05, 4.69) is 10.3 Å². The Hall–Kier alpha value is -0.700. The molecule has 0 unspecified atom stereocenters. The summed E-state index contributed by atoms with van der Waals surface area (Å²) in [5, 5.41) is 8.64. The average Bonchev–Trinajstić information content (AvgIpc) is 2.72. The fourth-order valence-electron chi connectivity index (χ4n) is 2.26. The van der Waals surface area contributed by atoms with E-state index in [0.29, 0.717) is 24.4 Å². The summed E-state index contributed by atoms with van der Waals surface area (Å²) in [6.07, 6.45) is 9.07. The number of sulfonamides is 1. The number of hydrogen-bond donors (Lipinski definition) is 2. The number of aromatic nitrogens is 1. The molecule has 1 saturated carbocycles. The van der Waals surface area contributed by atoms with Crippen molar-refractivity contribution in [2.75, 3.05) is 18.5 Å². The highest BCUT2D eigenvalue weighted by molar-refractivity contribution is 7.91. The van der Waals surface area contributed by atoms with Crippen LogP contribution in [0.15, 0.2) is 10.4 Å². The third kappa shape index (κ3) is 5.01. The van der Waals surface area contributed by atoms with Gasteiger partial charge < -0.3 is 10.1 Å². The SMILES string of the molecule is NS(=O)(=O)c1cnc(NCCOC2CCCCCC2)s1. The zero-order valence-electron chi connectivity index (χ0n) is 11.4. The van der Waals surface area contributed by atoms with Crippen molar-refractivity contribution in [3.63, 3.8) is 0 Å². The molecule has 0 saturated heterocycles. The number of hydrogen-bond acceptors (Lipinski definition) is 6. The highest BCUT2D eigenvalue weighted by atomic mass is 32.2. The van der Waals surface area contributed by atoms with E-state index in [0.717, 1.165) is 24.2 Å². The lowest BCUT2D eigenvalue weighted by molar-refractivity contribution is 0.0501. The molecule has 0 spiro atoms. The first-order valence-corrected chi connectivity index (χ1v) is 9.26. The van der Waals surface area contributed by atoms with Crippen LogP contribution in [0.4, 0.5) is 5.13 Å². The summed E-state index contributed by atoms with van der Waals surface area (Å²) >= 11 is 1.04. The summed E-state index contributed by atoms with van der Waals surface area (Å²) in [6, 6.07) is 0. The van der Waals surface area contributed by atoms with Gasteiger partial charge in [-0.15, -0.1) is 0 Å². The maximum Gasteiger partial charge on any atom is 0.249 e. The highest BCUT2D eigenvalue weighted by Crippen LogP contribution is 2.22. The van der Waals surface area contributed by atoms with E-state index in [1.807, 2.05) is 0 Å². The lowest BCUT2D eigenvalue weighted by Crippen LogP contribution is -2.17. The molecule has 1 fully saturated rings. The monoisotopic (exact) mass is 319 g/mol. The van der Waals surface area contributed by atoms with E-state index >= 15 is 0 Å². The maximum absolute atomic E-state index is 11.1. The summed E-state index contributed by atoms with van der Waals surface area (Å²) in [5.41, 5.74) is 0. The van der Waals surface area contributed by atoms with Crippen molar-refractivity contribution in [3.8, 4) is 0 Å². The van der Waals surface area contributed by atoms with Crippen molar-refractivity contribution < 1.29 is 13.2 Å². The van der Waals surface area contributed by atoms with Gasteiger partial charge in [-0.05, 0) is 12.8 Å². The van der Waals surface area contributed by atoms with E-state index < -0.39 is 10.0 Å². The minimum atomic E-state index is -3.65. The second kappa shape index (κ2) is 7.35. The van der Waals surface area contributed by atoms with E-state index in [-0.39, 0.29) is 4.21 Å². The third-order valence-electron chi connectivity index (χ3n) is 3.30. The Morgan fingerprint density at radius 2 is 2.05 bits per heavy atom. The van der Waals surface area contributed by atoms with Crippen molar-refractivity contribution in [1.29, 1.82) is 0 Å². The quantitative estimate of drug-likeness (QED) is 0.617. The molecule has 0 amide bonds. The molecule has 0 atom stereocenters. The van der Waals surface area contributed by atoms with Crippen LogP contribution >= 0.6 is 11.3 Å². The van der Waals surface area contributed by atoms with E-state index in [4.69, 9.17) is 9.88 Å². The lowest BCUT2D eigenvalue weighted by Gasteiger charge is -2.15. The third-order valence-corrected chi connectivity index (χ3v) is 5.66. The minimum Gasteiger partial charge on any atom is -0.376 e. The van der Waals surface area contributed by atoms with Crippen molar-refractivity contribution in [2.45, 2.75) is 48.8 Å². The summed E-state index contributed by atoms with van der Waals surface area (Å²) in [4.78, 5) is 3.97. The maximum atomic E-state index is 11.1. The van der Waals surface area contributed by atoms with Crippen LogP contribution < -0.4 is 10.5 Å². The molecule has 6 nitrogen and oxygen atoms in total. The van der Waals surface area contributed by atoms with Gasteiger partial charge in [0.1, 0.15) is 0 Å². The predicted molar refractivity (Wildman–Crippen MR) is 79.4 cm³/mol. The number of primary sulfonamides is 1. The summed E-state index contributed by atoms with van der Waals surface area (Å²) in [6.45, 7) is 1.23. The molecule has 20 heavy (non-hydrogen) atoms.